The molecule has 2 saturated heterocycles. The zero-order valence-corrected chi connectivity index (χ0v) is 18.7. The standard InChI is InChI=1S/C19H34N6.HI/c1-3-20-19(21-9-13-24-10-6-4-5-7-11-24)25-12-8-17(16-25)18-14-22-23(2)15-18;/h14-15,17H,3-13,16H2,1-2H3,(H,20,21);1H. The molecule has 2 fully saturated rings. The van der Waals surface area contributed by atoms with Crippen molar-refractivity contribution in [3.63, 3.8) is 0 Å². The molecule has 26 heavy (non-hydrogen) atoms. The van der Waals surface area contributed by atoms with E-state index in [0.717, 1.165) is 38.7 Å². The number of nitrogens with one attached hydrogen (secondary N) is 1. The minimum Gasteiger partial charge on any atom is -0.357 e. The Kier molecular flexibility index (Phi) is 9.18. The van der Waals surface area contributed by atoms with E-state index < -0.39 is 0 Å². The third-order valence-electron chi connectivity index (χ3n) is 5.40. The van der Waals surface area contributed by atoms with Gasteiger partial charge in [-0.3, -0.25) is 9.67 Å². The minimum absolute atomic E-state index is 0. The average molecular weight is 474 g/mol. The van der Waals surface area contributed by atoms with E-state index in [-0.39, 0.29) is 24.0 Å². The number of hydrogen-bond donors (Lipinski definition) is 1. The van der Waals surface area contributed by atoms with Crippen LogP contribution in [0.5, 0.6) is 0 Å². The zero-order valence-electron chi connectivity index (χ0n) is 16.4. The van der Waals surface area contributed by atoms with Gasteiger partial charge in [0.25, 0.3) is 0 Å². The van der Waals surface area contributed by atoms with Crippen molar-refractivity contribution in [2.24, 2.45) is 12.0 Å². The minimum atomic E-state index is 0. The van der Waals surface area contributed by atoms with E-state index in [0.29, 0.717) is 5.92 Å². The maximum atomic E-state index is 4.92. The lowest BCUT2D eigenvalue weighted by Gasteiger charge is -2.23. The van der Waals surface area contributed by atoms with Crippen LogP contribution in [0.4, 0.5) is 0 Å². The number of hydrogen-bond acceptors (Lipinski definition) is 3. The normalized spacial score (nSPS) is 22.2. The summed E-state index contributed by atoms with van der Waals surface area (Å²) in [5.41, 5.74) is 1.35. The number of aliphatic imine (C=N–C) groups is 1. The van der Waals surface area contributed by atoms with Crippen molar-refractivity contribution in [2.45, 2.75) is 44.9 Å². The Balaban J connectivity index is 0.00000243. The Labute approximate surface area is 175 Å². The van der Waals surface area contributed by atoms with Gasteiger partial charge in [-0.1, -0.05) is 12.8 Å². The summed E-state index contributed by atoms with van der Waals surface area (Å²) >= 11 is 0. The predicted molar refractivity (Wildman–Crippen MR) is 118 cm³/mol. The van der Waals surface area contributed by atoms with E-state index in [4.69, 9.17) is 4.99 Å². The maximum absolute atomic E-state index is 4.92. The van der Waals surface area contributed by atoms with E-state index >= 15 is 0 Å². The third-order valence-corrected chi connectivity index (χ3v) is 5.40. The molecular weight excluding hydrogens is 439 g/mol. The summed E-state index contributed by atoms with van der Waals surface area (Å²) in [4.78, 5) is 9.93. The molecule has 1 atom stereocenters. The highest BCUT2D eigenvalue weighted by atomic mass is 127. The third kappa shape index (κ3) is 6.11. The molecule has 2 aliphatic heterocycles. The quantitative estimate of drug-likeness (QED) is 0.405. The first-order valence-electron chi connectivity index (χ1n) is 10.0. The zero-order chi connectivity index (χ0) is 17.5. The topological polar surface area (TPSA) is 48.7 Å². The number of aromatic nitrogens is 2. The molecule has 0 bridgehead atoms. The SMILES string of the molecule is CCNC(=NCCN1CCCCCC1)N1CCC(c2cnn(C)c2)C1.I. The average Bonchev–Trinajstić information content (AvgIpc) is 3.18. The summed E-state index contributed by atoms with van der Waals surface area (Å²) in [6.07, 6.45) is 10.8. The number of nitrogens with zero attached hydrogens (tertiary/aromatic N) is 5. The van der Waals surface area contributed by atoms with E-state index in [1.165, 1.54) is 50.8 Å². The molecule has 1 aromatic rings. The highest BCUT2D eigenvalue weighted by Gasteiger charge is 2.26. The molecule has 148 valence electrons. The second kappa shape index (κ2) is 11.1. The monoisotopic (exact) mass is 474 g/mol. The number of halogens is 1. The first-order chi connectivity index (χ1) is 12.3. The first kappa shape index (κ1) is 21.5. The van der Waals surface area contributed by atoms with Crippen LogP contribution in [0.25, 0.3) is 0 Å². The smallest absolute Gasteiger partial charge is 0.193 e. The van der Waals surface area contributed by atoms with Crippen LogP contribution in [0.1, 0.15) is 50.5 Å². The lowest BCUT2D eigenvalue weighted by molar-refractivity contribution is 0.293. The molecule has 0 aromatic carbocycles. The highest BCUT2D eigenvalue weighted by Crippen LogP contribution is 2.26. The molecule has 2 aliphatic rings. The van der Waals surface area contributed by atoms with Gasteiger partial charge in [-0.05, 0) is 44.8 Å². The fraction of sp³-hybridized carbons (Fsp3) is 0.789. The number of aryl methyl sites for hydroxylation is 1. The molecular formula is C19H35IN6. The first-order valence-corrected chi connectivity index (χ1v) is 10.0. The fourth-order valence-electron chi connectivity index (χ4n) is 3.96. The van der Waals surface area contributed by atoms with Gasteiger partial charge in [-0.25, -0.2) is 0 Å². The largest absolute Gasteiger partial charge is 0.357 e. The molecule has 0 radical (unpaired) electrons. The second-order valence-corrected chi connectivity index (χ2v) is 7.37. The van der Waals surface area contributed by atoms with Crippen molar-refractivity contribution in [3.05, 3.63) is 18.0 Å². The van der Waals surface area contributed by atoms with Crippen molar-refractivity contribution in [1.82, 2.24) is 24.9 Å². The van der Waals surface area contributed by atoms with Gasteiger partial charge in [0.1, 0.15) is 0 Å². The van der Waals surface area contributed by atoms with Crippen molar-refractivity contribution in [2.75, 3.05) is 45.8 Å². The summed E-state index contributed by atoms with van der Waals surface area (Å²) in [6, 6.07) is 0. The molecule has 0 spiro atoms. The van der Waals surface area contributed by atoms with Gasteiger partial charge in [0.2, 0.25) is 0 Å². The molecule has 0 aliphatic carbocycles. The van der Waals surface area contributed by atoms with E-state index in [9.17, 15) is 0 Å². The Hall–Kier alpha value is -0.830. The lowest BCUT2D eigenvalue weighted by Crippen LogP contribution is -2.40. The van der Waals surface area contributed by atoms with Crippen LogP contribution in [-0.4, -0.2) is 71.4 Å². The lowest BCUT2D eigenvalue weighted by atomic mass is 10.0. The van der Waals surface area contributed by atoms with Crippen molar-refractivity contribution >= 4 is 29.9 Å². The van der Waals surface area contributed by atoms with E-state index in [1.807, 2.05) is 17.9 Å². The summed E-state index contributed by atoms with van der Waals surface area (Å²) in [5, 5.41) is 7.81. The van der Waals surface area contributed by atoms with Crippen molar-refractivity contribution < 1.29 is 0 Å². The molecule has 7 heteroatoms. The van der Waals surface area contributed by atoms with Gasteiger partial charge < -0.3 is 15.1 Å². The number of likely N-dealkylation sites (tertiary alicyclic amines) is 2. The van der Waals surface area contributed by atoms with Crippen LogP contribution in [0, 0.1) is 0 Å². The van der Waals surface area contributed by atoms with Crippen LogP contribution in [-0.2, 0) is 7.05 Å². The van der Waals surface area contributed by atoms with Gasteiger partial charge in [0, 0.05) is 45.3 Å². The Bertz CT molecular complexity index is 550. The van der Waals surface area contributed by atoms with Gasteiger partial charge in [-0.15, -0.1) is 24.0 Å². The Morgan fingerprint density at radius 1 is 1.23 bits per heavy atom. The molecule has 0 amide bonds. The second-order valence-electron chi connectivity index (χ2n) is 7.37. The van der Waals surface area contributed by atoms with Crippen LogP contribution < -0.4 is 5.32 Å². The van der Waals surface area contributed by atoms with Gasteiger partial charge in [0.05, 0.1) is 12.7 Å². The van der Waals surface area contributed by atoms with E-state index in [2.05, 4.69) is 33.3 Å². The number of guanidine groups is 1. The molecule has 1 aromatic heterocycles. The molecule has 1 unspecified atom stereocenters. The van der Waals surface area contributed by atoms with Gasteiger partial charge in [-0.2, -0.15) is 5.10 Å². The predicted octanol–water partition coefficient (Wildman–Crippen LogP) is 2.67. The summed E-state index contributed by atoms with van der Waals surface area (Å²) in [5.74, 6) is 1.66. The van der Waals surface area contributed by atoms with Gasteiger partial charge >= 0.3 is 0 Å². The van der Waals surface area contributed by atoms with Crippen LogP contribution >= 0.6 is 24.0 Å². The molecule has 1 N–H and O–H groups in total. The highest BCUT2D eigenvalue weighted by molar-refractivity contribution is 14.0. The van der Waals surface area contributed by atoms with E-state index in [1.54, 1.807) is 0 Å². The maximum Gasteiger partial charge on any atom is 0.193 e. The summed E-state index contributed by atoms with van der Waals surface area (Å²) in [6.45, 7) is 9.69. The summed E-state index contributed by atoms with van der Waals surface area (Å²) < 4.78 is 1.90. The fourth-order valence-corrected chi connectivity index (χ4v) is 3.96. The molecule has 0 saturated carbocycles. The Morgan fingerprint density at radius 3 is 2.65 bits per heavy atom. The molecule has 3 heterocycles. The van der Waals surface area contributed by atoms with Crippen LogP contribution in [0.15, 0.2) is 17.4 Å². The van der Waals surface area contributed by atoms with Crippen molar-refractivity contribution in [1.29, 1.82) is 0 Å². The molecule has 6 nitrogen and oxygen atoms in total. The van der Waals surface area contributed by atoms with Crippen LogP contribution in [0.3, 0.4) is 0 Å². The Morgan fingerprint density at radius 2 is 2.00 bits per heavy atom. The van der Waals surface area contributed by atoms with Crippen molar-refractivity contribution in [3.8, 4) is 0 Å². The summed E-state index contributed by atoms with van der Waals surface area (Å²) in [7, 11) is 1.99. The number of rotatable bonds is 5. The molecule has 3 rings (SSSR count). The van der Waals surface area contributed by atoms with Crippen LogP contribution in [0.2, 0.25) is 0 Å². The van der Waals surface area contributed by atoms with Gasteiger partial charge in [0.15, 0.2) is 5.96 Å².